The normalized spacial score (nSPS) is 16.1. The number of rotatable bonds is 6. The summed E-state index contributed by atoms with van der Waals surface area (Å²) in [6, 6.07) is 10.3. The van der Waals surface area contributed by atoms with Gasteiger partial charge in [0.15, 0.2) is 0 Å². The second kappa shape index (κ2) is 9.21. The number of hydrogen-bond acceptors (Lipinski definition) is 4. The zero-order valence-electron chi connectivity index (χ0n) is 14.3. The van der Waals surface area contributed by atoms with Crippen molar-refractivity contribution in [2.24, 2.45) is 0 Å². The van der Waals surface area contributed by atoms with Gasteiger partial charge in [-0.05, 0) is 48.6 Å². The molecule has 1 fully saturated rings. The molecule has 0 saturated carbocycles. The number of carbonyl (C=O) groups is 2. The molecule has 7 nitrogen and oxygen atoms in total. The Balaban J connectivity index is 1.39. The quantitative estimate of drug-likeness (QED) is 0.625. The molecular formula is C18H22N4O3S. The van der Waals surface area contributed by atoms with Crippen molar-refractivity contribution in [2.45, 2.75) is 25.5 Å². The van der Waals surface area contributed by atoms with Crippen molar-refractivity contribution in [1.82, 2.24) is 10.6 Å². The smallest absolute Gasteiger partial charge is 0.319 e. The molecule has 1 saturated heterocycles. The molecule has 1 aliphatic rings. The van der Waals surface area contributed by atoms with Crippen LogP contribution in [0.2, 0.25) is 0 Å². The Labute approximate surface area is 156 Å². The van der Waals surface area contributed by atoms with Crippen LogP contribution in [-0.4, -0.2) is 31.3 Å². The fourth-order valence-corrected chi connectivity index (χ4v) is 3.22. The zero-order valence-corrected chi connectivity index (χ0v) is 15.1. The SMILES string of the molecule is O=C(NCc1cccs1)Nc1ccc(NC(=O)NCC2CCCO2)cc1. The molecule has 138 valence electrons. The summed E-state index contributed by atoms with van der Waals surface area (Å²) in [7, 11) is 0. The van der Waals surface area contributed by atoms with Crippen molar-refractivity contribution in [2.75, 3.05) is 23.8 Å². The highest BCUT2D eigenvalue weighted by Crippen LogP contribution is 2.14. The van der Waals surface area contributed by atoms with Crippen molar-refractivity contribution in [3.05, 3.63) is 46.7 Å². The van der Waals surface area contributed by atoms with Crippen LogP contribution in [0, 0.1) is 0 Å². The highest BCUT2D eigenvalue weighted by atomic mass is 32.1. The lowest BCUT2D eigenvalue weighted by atomic mass is 10.2. The molecule has 26 heavy (non-hydrogen) atoms. The van der Waals surface area contributed by atoms with E-state index < -0.39 is 0 Å². The van der Waals surface area contributed by atoms with Gasteiger partial charge in [0.05, 0.1) is 12.6 Å². The Kier molecular flexibility index (Phi) is 6.45. The van der Waals surface area contributed by atoms with Crippen LogP contribution in [0.15, 0.2) is 41.8 Å². The summed E-state index contributed by atoms with van der Waals surface area (Å²) in [6.45, 7) is 1.77. The number of thiophene rings is 1. The molecule has 2 aromatic rings. The summed E-state index contributed by atoms with van der Waals surface area (Å²) in [6.07, 6.45) is 2.14. The zero-order chi connectivity index (χ0) is 18.2. The first kappa shape index (κ1) is 18.2. The molecule has 0 spiro atoms. The summed E-state index contributed by atoms with van der Waals surface area (Å²) in [5, 5.41) is 13.1. The van der Waals surface area contributed by atoms with Crippen molar-refractivity contribution in [3.63, 3.8) is 0 Å². The van der Waals surface area contributed by atoms with Crippen molar-refractivity contribution >= 4 is 34.8 Å². The summed E-state index contributed by atoms with van der Waals surface area (Å²) < 4.78 is 5.46. The fourth-order valence-electron chi connectivity index (χ4n) is 2.58. The highest BCUT2D eigenvalue weighted by Gasteiger charge is 2.16. The van der Waals surface area contributed by atoms with E-state index in [1.165, 1.54) is 0 Å². The molecule has 1 aromatic carbocycles. The minimum atomic E-state index is -0.270. The molecule has 1 aliphatic heterocycles. The minimum absolute atomic E-state index is 0.111. The van der Waals surface area contributed by atoms with Crippen LogP contribution < -0.4 is 21.3 Å². The molecule has 1 unspecified atom stereocenters. The van der Waals surface area contributed by atoms with Gasteiger partial charge in [-0.25, -0.2) is 9.59 Å². The van der Waals surface area contributed by atoms with Gasteiger partial charge in [-0.1, -0.05) is 6.07 Å². The Morgan fingerprint density at radius 1 is 1.04 bits per heavy atom. The largest absolute Gasteiger partial charge is 0.376 e. The van der Waals surface area contributed by atoms with Crippen LogP contribution in [0.1, 0.15) is 17.7 Å². The van der Waals surface area contributed by atoms with E-state index in [4.69, 9.17) is 4.74 Å². The van der Waals surface area contributed by atoms with Crippen molar-refractivity contribution < 1.29 is 14.3 Å². The number of amides is 4. The van der Waals surface area contributed by atoms with Gasteiger partial charge in [0, 0.05) is 29.4 Å². The van der Waals surface area contributed by atoms with Crippen LogP contribution in [0.5, 0.6) is 0 Å². The van der Waals surface area contributed by atoms with E-state index in [-0.39, 0.29) is 18.2 Å². The van der Waals surface area contributed by atoms with Crippen LogP contribution in [0.25, 0.3) is 0 Å². The molecular weight excluding hydrogens is 352 g/mol. The lowest BCUT2D eigenvalue weighted by Crippen LogP contribution is -2.35. The average Bonchev–Trinajstić information content (AvgIpc) is 3.34. The second-order valence-corrected chi connectivity index (χ2v) is 6.97. The average molecular weight is 374 g/mol. The van der Waals surface area contributed by atoms with Gasteiger partial charge in [0.25, 0.3) is 0 Å². The summed E-state index contributed by atoms with van der Waals surface area (Å²) in [5.41, 5.74) is 1.30. The van der Waals surface area contributed by atoms with E-state index in [0.717, 1.165) is 24.3 Å². The van der Waals surface area contributed by atoms with Crippen molar-refractivity contribution in [3.8, 4) is 0 Å². The van der Waals surface area contributed by atoms with Gasteiger partial charge < -0.3 is 26.0 Å². The Bertz CT molecular complexity index is 713. The number of urea groups is 2. The fraction of sp³-hybridized carbons (Fsp3) is 0.333. The minimum Gasteiger partial charge on any atom is -0.376 e. The number of anilines is 2. The molecule has 3 rings (SSSR count). The molecule has 1 atom stereocenters. The van der Waals surface area contributed by atoms with Crippen LogP contribution >= 0.6 is 11.3 Å². The predicted molar refractivity (Wildman–Crippen MR) is 103 cm³/mol. The third-order valence-electron chi connectivity index (χ3n) is 3.92. The van der Waals surface area contributed by atoms with E-state index in [1.54, 1.807) is 35.6 Å². The third-order valence-corrected chi connectivity index (χ3v) is 4.79. The lowest BCUT2D eigenvalue weighted by Gasteiger charge is -2.12. The van der Waals surface area contributed by atoms with Gasteiger partial charge in [-0.15, -0.1) is 11.3 Å². The van der Waals surface area contributed by atoms with E-state index in [1.807, 2.05) is 17.5 Å². The maximum absolute atomic E-state index is 11.9. The van der Waals surface area contributed by atoms with Gasteiger partial charge in [-0.2, -0.15) is 0 Å². The van der Waals surface area contributed by atoms with Crippen LogP contribution in [0.4, 0.5) is 21.0 Å². The Hall–Kier alpha value is -2.58. The standard InChI is InChI=1S/C18H22N4O3S/c23-17(19-11-15-3-1-9-25-15)21-13-5-7-14(8-6-13)22-18(24)20-12-16-4-2-10-26-16/h2,4-8,10,15H,1,3,9,11-12H2,(H2,19,21,23)(H2,20,22,24). The van der Waals surface area contributed by atoms with Gasteiger partial charge in [0.2, 0.25) is 0 Å². The molecule has 4 amide bonds. The summed E-state index contributed by atoms with van der Waals surface area (Å²) in [4.78, 5) is 24.8. The number of benzene rings is 1. The first-order chi connectivity index (χ1) is 12.7. The van der Waals surface area contributed by atoms with Crippen LogP contribution in [0.3, 0.4) is 0 Å². The molecule has 4 N–H and O–H groups in total. The van der Waals surface area contributed by atoms with E-state index >= 15 is 0 Å². The van der Waals surface area contributed by atoms with E-state index in [0.29, 0.717) is 24.5 Å². The summed E-state index contributed by atoms with van der Waals surface area (Å²) >= 11 is 1.59. The van der Waals surface area contributed by atoms with Crippen molar-refractivity contribution in [1.29, 1.82) is 0 Å². The highest BCUT2D eigenvalue weighted by molar-refractivity contribution is 7.09. The number of hydrogen-bond donors (Lipinski definition) is 4. The van der Waals surface area contributed by atoms with Crippen LogP contribution in [-0.2, 0) is 11.3 Å². The number of ether oxygens (including phenoxy) is 1. The molecule has 0 bridgehead atoms. The maximum atomic E-state index is 11.9. The predicted octanol–water partition coefficient (Wildman–Crippen LogP) is 3.37. The maximum Gasteiger partial charge on any atom is 0.319 e. The molecule has 0 radical (unpaired) electrons. The molecule has 8 heteroatoms. The first-order valence-corrected chi connectivity index (χ1v) is 9.41. The number of carbonyl (C=O) groups excluding carboxylic acids is 2. The Morgan fingerprint density at radius 3 is 2.31 bits per heavy atom. The molecule has 1 aromatic heterocycles. The van der Waals surface area contributed by atoms with E-state index in [9.17, 15) is 9.59 Å². The summed E-state index contributed by atoms with van der Waals surface area (Å²) in [5.74, 6) is 0. The topological polar surface area (TPSA) is 91.5 Å². The molecule has 2 heterocycles. The van der Waals surface area contributed by atoms with Gasteiger partial charge in [0.1, 0.15) is 0 Å². The van der Waals surface area contributed by atoms with Gasteiger partial charge >= 0.3 is 12.1 Å². The lowest BCUT2D eigenvalue weighted by molar-refractivity contribution is 0.112. The Morgan fingerprint density at radius 2 is 1.73 bits per heavy atom. The third kappa shape index (κ3) is 5.75. The number of nitrogens with one attached hydrogen (secondary N) is 4. The second-order valence-electron chi connectivity index (χ2n) is 5.93. The van der Waals surface area contributed by atoms with Gasteiger partial charge in [-0.3, -0.25) is 0 Å². The van der Waals surface area contributed by atoms with E-state index in [2.05, 4.69) is 21.3 Å². The molecule has 0 aliphatic carbocycles. The first-order valence-electron chi connectivity index (χ1n) is 8.53. The monoisotopic (exact) mass is 374 g/mol.